The van der Waals surface area contributed by atoms with Gasteiger partial charge in [0.2, 0.25) is 0 Å². The number of nitrogens with two attached hydrogens (primary N) is 1. The Hall–Kier alpha value is -1.02. The molecule has 0 saturated carbocycles. The average Bonchev–Trinajstić information content (AvgIpc) is 2.22. The standard InChI is InChI=1S/C11H11BrN2O.ClH/c1-2-3-10(14)8-4-7(6-13)5-9(12)11(8)15;/h2,4-5,10,15H,1,3,14H2;1H/t10-;/m0./s1. The van der Waals surface area contributed by atoms with Crippen LogP contribution in [0.1, 0.15) is 23.6 Å². The van der Waals surface area contributed by atoms with E-state index in [1.54, 1.807) is 18.2 Å². The van der Waals surface area contributed by atoms with Crippen molar-refractivity contribution < 1.29 is 5.11 Å². The summed E-state index contributed by atoms with van der Waals surface area (Å²) < 4.78 is 0.482. The first-order chi connectivity index (χ1) is 7.10. The number of hydrogen-bond donors (Lipinski definition) is 2. The van der Waals surface area contributed by atoms with Crippen LogP contribution in [0.15, 0.2) is 29.3 Å². The van der Waals surface area contributed by atoms with Crippen molar-refractivity contribution in [1.29, 1.82) is 5.26 Å². The molecule has 0 aliphatic carbocycles. The summed E-state index contributed by atoms with van der Waals surface area (Å²) in [5.41, 5.74) is 6.86. The minimum Gasteiger partial charge on any atom is -0.506 e. The van der Waals surface area contributed by atoms with Crippen LogP contribution in [0.5, 0.6) is 5.75 Å². The summed E-state index contributed by atoms with van der Waals surface area (Å²) in [5, 5.41) is 18.5. The molecule has 16 heavy (non-hydrogen) atoms. The predicted octanol–water partition coefficient (Wildman–Crippen LogP) is 3.02. The van der Waals surface area contributed by atoms with Crippen LogP contribution < -0.4 is 5.73 Å². The molecule has 86 valence electrons. The van der Waals surface area contributed by atoms with Crippen molar-refractivity contribution in [1.82, 2.24) is 0 Å². The molecule has 0 bridgehead atoms. The summed E-state index contributed by atoms with van der Waals surface area (Å²) in [4.78, 5) is 0. The van der Waals surface area contributed by atoms with Gasteiger partial charge in [-0.05, 0) is 34.5 Å². The third-order valence-corrected chi connectivity index (χ3v) is 2.65. The van der Waals surface area contributed by atoms with E-state index in [9.17, 15) is 5.11 Å². The van der Waals surface area contributed by atoms with Gasteiger partial charge < -0.3 is 10.8 Å². The van der Waals surface area contributed by atoms with E-state index in [-0.39, 0.29) is 24.2 Å². The maximum atomic E-state index is 9.74. The van der Waals surface area contributed by atoms with Gasteiger partial charge in [-0.3, -0.25) is 0 Å². The van der Waals surface area contributed by atoms with Crippen molar-refractivity contribution >= 4 is 28.3 Å². The second-order valence-corrected chi connectivity index (χ2v) is 3.99. The monoisotopic (exact) mass is 302 g/mol. The Morgan fingerprint density at radius 2 is 2.25 bits per heavy atom. The lowest BCUT2D eigenvalue weighted by atomic mass is 10.0. The van der Waals surface area contributed by atoms with Crippen molar-refractivity contribution in [2.75, 3.05) is 0 Å². The average molecular weight is 304 g/mol. The quantitative estimate of drug-likeness (QED) is 0.843. The first kappa shape index (κ1) is 15.0. The van der Waals surface area contributed by atoms with Crippen LogP contribution in [0.3, 0.4) is 0 Å². The van der Waals surface area contributed by atoms with Gasteiger partial charge in [0.05, 0.1) is 16.1 Å². The van der Waals surface area contributed by atoms with Crippen molar-refractivity contribution in [2.24, 2.45) is 5.73 Å². The summed E-state index contributed by atoms with van der Waals surface area (Å²) in [6, 6.07) is 4.82. The third-order valence-electron chi connectivity index (χ3n) is 2.04. The van der Waals surface area contributed by atoms with Gasteiger partial charge in [-0.15, -0.1) is 19.0 Å². The lowest BCUT2D eigenvalue weighted by Crippen LogP contribution is -2.09. The van der Waals surface area contributed by atoms with E-state index in [4.69, 9.17) is 11.0 Å². The third kappa shape index (κ3) is 3.24. The number of benzene rings is 1. The van der Waals surface area contributed by atoms with Gasteiger partial charge in [0, 0.05) is 11.6 Å². The number of aromatic hydroxyl groups is 1. The Balaban J connectivity index is 0.00000225. The van der Waals surface area contributed by atoms with Gasteiger partial charge in [-0.1, -0.05) is 6.08 Å². The Morgan fingerprint density at radius 3 is 2.75 bits per heavy atom. The molecule has 0 aliphatic heterocycles. The lowest BCUT2D eigenvalue weighted by molar-refractivity contribution is 0.458. The molecule has 0 aromatic heterocycles. The molecule has 0 aliphatic rings. The molecule has 0 spiro atoms. The van der Waals surface area contributed by atoms with Crippen molar-refractivity contribution in [3.8, 4) is 11.8 Å². The Kier molecular flexibility index (Phi) is 6.12. The second-order valence-electron chi connectivity index (χ2n) is 3.14. The molecule has 0 heterocycles. The number of phenolic OH excluding ortho intramolecular Hbond substituents is 1. The number of phenols is 1. The SMILES string of the molecule is C=CC[C@H](N)c1cc(C#N)cc(Br)c1O.Cl. The molecule has 0 amide bonds. The highest BCUT2D eigenvalue weighted by atomic mass is 79.9. The Morgan fingerprint density at radius 1 is 1.62 bits per heavy atom. The fourth-order valence-corrected chi connectivity index (χ4v) is 1.75. The zero-order valence-electron chi connectivity index (χ0n) is 8.48. The van der Waals surface area contributed by atoms with Gasteiger partial charge in [0.1, 0.15) is 5.75 Å². The minimum absolute atomic E-state index is 0. The zero-order valence-corrected chi connectivity index (χ0v) is 10.9. The molecular weight excluding hydrogens is 291 g/mol. The van der Waals surface area contributed by atoms with E-state index in [1.165, 1.54) is 0 Å². The van der Waals surface area contributed by atoms with Crippen LogP contribution in [-0.4, -0.2) is 5.11 Å². The lowest BCUT2D eigenvalue weighted by Gasteiger charge is -2.13. The molecule has 5 heteroatoms. The van der Waals surface area contributed by atoms with E-state index in [0.717, 1.165) is 0 Å². The van der Waals surface area contributed by atoms with Crippen molar-refractivity contribution in [3.63, 3.8) is 0 Å². The maximum Gasteiger partial charge on any atom is 0.134 e. The fourth-order valence-electron chi connectivity index (χ4n) is 1.27. The highest BCUT2D eigenvalue weighted by Crippen LogP contribution is 2.33. The normalized spacial score (nSPS) is 11.1. The molecule has 1 rings (SSSR count). The zero-order chi connectivity index (χ0) is 11.4. The van der Waals surface area contributed by atoms with Crippen LogP contribution in [0.4, 0.5) is 0 Å². The summed E-state index contributed by atoms with van der Waals surface area (Å²) in [6.45, 7) is 3.58. The smallest absolute Gasteiger partial charge is 0.134 e. The van der Waals surface area contributed by atoms with E-state index in [2.05, 4.69) is 22.5 Å². The molecule has 3 N–H and O–H groups in total. The maximum absolute atomic E-state index is 9.74. The number of nitrogens with zero attached hydrogens (tertiary/aromatic N) is 1. The minimum atomic E-state index is -0.341. The van der Waals surface area contributed by atoms with Crippen LogP contribution in [0, 0.1) is 11.3 Å². The second kappa shape index (κ2) is 6.54. The fraction of sp³-hybridized carbons (Fsp3) is 0.182. The van der Waals surface area contributed by atoms with Gasteiger partial charge in [-0.2, -0.15) is 5.26 Å². The highest BCUT2D eigenvalue weighted by Gasteiger charge is 2.13. The molecular formula is C11H12BrClN2O. The predicted molar refractivity (Wildman–Crippen MR) is 69.5 cm³/mol. The van der Waals surface area contributed by atoms with Crippen LogP contribution in [-0.2, 0) is 0 Å². The summed E-state index contributed by atoms with van der Waals surface area (Å²) in [7, 11) is 0. The van der Waals surface area contributed by atoms with Gasteiger partial charge >= 0.3 is 0 Å². The Labute approximate surface area is 109 Å². The van der Waals surface area contributed by atoms with Gasteiger partial charge in [0.15, 0.2) is 0 Å². The van der Waals surface area contributed by atoms with E-state index >= 15 is 0 Å². The number of halogens is 2. The van der Waals surface area contributed by atoms with Crippen LogP contribution in [0.2, 0.25) is 0 Å². The first-order valence-electron chi connectivity index (χ1n) is 4.39. The van der Waals surface area contributed by atoms with Gasteiger partial charge in [0.25, 0.3) is 0 Å². The largest absolute Gasteiger partial charge is 0.506 e. The highest BCUT2D eigenvalue weighted by molar-refractivity contribution is 9.10. The molecule has 1 aromatic carbocycles. The molecule has 0 unspecified atom stereocenters. The molecule has 0 radical (unpaired) electrons. The molecule has 3 nitrogen and oxygen atoms in total. The van der Waals surface area contributed by atoms with Crippen LogP contribution in [0.25, 0.3) is 0 Å². The van der Waals surface area contributed by atoms with Gasteiger partial charge in [-0.25, -0.2) is 0 Å². The molecule has 0 saturated heterocycles. The van der Waals surface area contributed by atoms with Crippen molar-refractivity contribution in [2.45, 2.75) is 12.5 Å². The molecule has 1 atom stereocenters. The summed E-state index contributed by atoms with van der Waals surface area (Å²) >= 11 is 3.17. The van der Waals surface area contributed by atoms with Crippen molar-refractivity contribution in [3.05, 3.63) is 40.4 Å². The van der Waals surface area contributed by atoms with Crippen LogP contribution >= 0.6 is 28.3 Å². The number of nitriles is 1. The van der Waals surface area contributed by atoms with E-state index in [1.807, 2.05) is 6.07 Å². The Bertz CT molecular complexity index is 429. The number of hydrogen-bond acceptors (Lipinski definition) is 3. The first-order valence-corrected chi connectivity index (χ1v) is 5.18. The number of rotatable bonds is 3. The van der Waals surface area contributed by atoms with E-state index in [0.29, 0.717) is 22.0 Å². The summed E-state index contributed by atoms with van der Waals surface area (Å²) in [6.07, 6.45) is 2.23. The molecule has 0 fully saturated rings. The summed E-state index contributed by atoms with van der Waals surface area (Å²) in [5.74, 6) is 0.0864. The van der Waals surface area contributed by atoms with E-state index < -0.39 is 0 Å². The topological polar surface area (TPSA) is 70.0 Å². The molecule has 1 aromatic rings.